The Morgan fingerprint density at radius 3 is 2.25 bits per heavy atom. The number of anilines is 2. The van der Waals surface area contributed by atoms with Crippen LogP contribution in [0.2, 0.25) is 0 Å². The van der Waals surface area contributed by atoms with E-state index in [1.54, 1.807) is 49.6 Å². The Bertz CT molecular complexity index is 850. The highest BCUT2D eigenvalue weighted by Gasteiger charge is 2.08. The van der Waals surface area contributed by atoms with Crippen molar-refractivity contribution in [1.29, 1.82) is 0 Å². The van der Waals surface area contributed by atoms with Crippen molar-refractivity contribution in [3.8, 4) is 5.75 Å². The summed E-state index contributed by atoms with van der Waals surface area (Å²) in [5.74, 6) is 0.253. The van der Waals surface area contributed by atoms with E-state index in [-0.39, 0.29) is 24.9 Å². The first-order valence-electron chi connectivity index (χ1n) is 8.74. The average molecular weight is 384 g/mol. The lowest BCUT2D eigenvalue weighted by atomic mass is 10.2. The molecule has 2 aromatic rings. The number of urea groups is 1. The fraction of sp³-hybridized carbons (Fsp3) is 0.250. The number of hydrogen-bond donors (Lipinski definition) is 4. The van der Waals surface area contributed by atoms with Crippen LogP contribution in [0.15, 0.2) is 42.5 Å². The fourth-order valence-electron chi connectivity index (χ4n) is 2.40. The van der Waals surface area contributed by atoms with Gasteiger partial charge in [0.1, 0.15) is 5.75 Å². The van der Waals surface area contributed by atoms with Crippen LogP contribution in [-0.2, 0) is 4.79 Å². The average Bonchev–Trinajstić information content (AvgIpc) is 2.67. The second kappa shape index (κ2) is 9.96. The summed E-state index contributed by atoms with van der Waals surface area (Å²) < 4.78 is 5.05. The molecule has 0 bridgehead atoms. The Morgan fingerprint density at radius 1 is 0.929 bits per heavy atom. The summed E-state index contributed by atoms with van der Waals surface area (Å²) in [4.78, 5) is 35.2. The van der Waals surface area contributed by atoms with Gasteiger partial charge in [-0.15, -0.1) is 0 Å². The highest BCUT2D eigenvalue weighted by molar-refractivity contribution is 5.95. The minimum absolute atomic E-state index is 0.188. The molecule has 0 aromatic heterocycles. The van der Waals surface area contributed by atoms with E-state index in [0.29, 0.717) is 22.7 Å². The Labute approximate surface area is 163 Å². The predicted octanol–water partition coefficient (Wildman–Crippen LogP) is 2.51. The third-order valence-corrected chi connectivity index (χ3v) is 3.85. The monoisotopic (exact) mass is 384 g/mol. The number of hydrogen-bond acceptors (Lipinski definition) is 4. The molecule has 2 rings (SSSR count). The number of nitrogens with one attached hydrogen (secondary N) is 4. The maximum Gasteiger partial charge on any atom is 0.319 e. The van der Waals surface area contributed by atoms with Crippen LogP contribution in [0.4, 0.5) is 16.2 Å². The summed E-state index contributed by atoms with van der Waals surface area (Å²) >= 11 is 0. The van der Waals surface area contributed by atoms with Gasteiger partial charge in [-0.05, 0) is 48.9 Å². The summed E-state index contributed by atoms with van der Waals surface area (Å²) in [6, 6.07) is 11.6. The van der Waals surface area contributed by atoms with Gasteiger partial charge in [-0.2, -0.15) is 0 Å². The maximum atomic E-state index is 12.0. The summed E-state index contributed by atoms with van der Waals surface area (Å²) in [5, 5.41) is 10.8. The molecule has 8 nitrogen and oxygen atoms in total. The van der Waals surface area contributed by atoms with Gasteiger partial charge in [0.15, 0.2) is 0 Å². The lowest BCUT2D eigenvalue weighted by molar-refractivity contribution is -0.114. The van der Waals surface area contributed by atoms with Gasteiger partial charge in [0.05, 0.1) is 7.11 Å². The molecule has 148 valence electrons. The van der Waals surface area contributed by atoms with Crippen LogP contribution in [0.25, 0.3) is 0 Å². The van der Waals surface area contributed by atoms with Gasteiger partial charge in [-0.3, -0.25) is 9.59 Å². The molecule has 0 atom stereocenters. The first-order valence-corrected chi connectivity index (χ1v) is 8.74. The van der Waals surface area contributed by atoms with Crippen LogP contribution < -0.4 is 26.0 Å². The number of aryl methyl sites for hydroxylation is 1. The highest BCUT2D eigenvalue weighted by Crippen LogP contribution is 2.20. The quantitative estimate of drug-likeness (QED) is 0.550. The molecular weight excluding hydrogens is 360 g/mol. The van der Waals surface area contributed by atoms with Crippen molar-refractivity contribution in [3.63, 3.8) is 0 Å². The molecule has 0 spiro atoms. The van der Waals surface area contributed by atoms with E-state index in [1.807, 2.05) is 6.92 Å². The Balaban J connectivity index is 1.78. The third-order valence-electron chi connectivity index (χ3n) is 3.85. The van der Waals surface area contributed by atoms with E-state index < -0.39 is 6.03 Å². The van der Waals surface area contributed by atoms with Crippen LogP contribution in [0, 0.1) is 6.92 Å². The number of carbonyl (C=O) groups is 3. The fourth-order valence-corrected chi connectivity index (χ4v) is 2.40. The molecule has 0 fully saturated rings. The zero-order chi connectivity index (χ0) is 20.5. The Kier molecular flexibility index (Phi) is 7.38. The highest BCUT2D eigenvalue weighted by atomic mass is 16.5. The topological polar surface area (TPSA) is 109 Å². The van der Waals surface area contributed by atoms with E-state index in [9.17, 15) is 14.4 Å². The Hall–Kier alpha value is -3.55. The minimum atomic E-state index is -0.401. The van der Waals surface area contributed by atoms with Crippen LogP contribution >= 0.6 is 0 Å². The molecule has 2 aromatic carbocycles. The number of ether oxygens (including phenoxy) is 1. The molecular formula is C20H24N4O4. The van der Waals surface area contributed by atoms with E-state index >= 15 is 0 Å². The Morgan fingerprint density at radius 2 is 1.61 bits per heavy atom. The van der Waals surface area contributed by atoms with Crippen molar-refractivity contribution in [3.05, 3.63) is 53.6 Å². The standard InChI is InChI=1S/C20H24N4O4/c1-13-4-7-16(23-14(2)25)12-18(13)24-20(27)22-11-10-21-19(26)15-5-8-17(28-3)9-6-15/h4-9,12H,10-11H2,1-3H3,(H,21,26)(H,23,25)(H2,22,24,27). The van der Waals surface area contributed by atoms with E-state index in [1.165, 1.54) is 6.92 Å². The number of amides is 4. The van der Waals surface area contributed by atoms with Gasteiger partial charge < -0.3 is 26.0 Å². The van der Waals surface area contributed by atoms with E-state index in [4.69, 9.17) is 4.74 Å². The first-order chi connectivity index (χ1) is 13.4. The second-order valence-electron chi connectivity index (χ2n) is 6.08. The zero-order valence-electron chi connectivity index (χ0n) is 16.1. The van der Waals surface area contributed by atoms with Crippen LogP contribution in [0.3, 0.4) is 0 Å². The van der Waals surface area contributed by atoms with Gasteiger partial charge in [-0.1, -0.05) is 6.07 Å². The van der Waals surface area contributed by atoms with Gasteiger partial charge in [0.2, 0.25) is 5.91 Å². The molecule has 0 radical (unpaired) electrons. The smallest absolute Gasteiger partial charge is 0.319 e. The van der Waals surface area contributed by atoms with E-state index in [0.717, 1.165) is 5.56 Å². The van der Waals surface area contributed by atoms with Crippen LogP contribution in [0.5, 0.6) is 5.75 Å². The molecule has 0 aliphatic carbocycles. The molecule has 0 unspecified atom stereocenters. The number of benzene rings is 2. The summed E-state index contributed by atoms with van der Waals surface area (Å²) in [6.07, 6.45) is 0. The van der Waals surface area contributed by atoms with Crippen molar-refractivity contribution in [2.24, 2.45) is 0 Å². The van der Waals surface area contributed by atoms with Crippen molar-refractivity contribution >= 4 is 29.2 Å². The van der Waals surface area contributed by atoms with Gasteiger partial charge in [-0.25, -0.2) is 4.79 Å². The van der Waals surface area contributed by atoms with Crippen LogP contribution in [-0.4, -0.2) is 38.0 Å². The molecule has 4 N–H and O–H groups in total. The normalized spacial score (nSPS) is 9.96. The van der Waals surface area contributed by atoms with Crippen molar-refractivity contribution in [1.82, 2.24) is 10.6 Å². The lowest BCUT2D eigenvalue weighted by Crippen LogP contribution is -2.36. The maximum absolute atomic E-state index is 12.0. The number of carbonyl (C=O) groups excluding carboxylic acids is 3. The molecule has 4 amide bonds. The van der Waals surface area contributed by atoms with Crippen LogP contribution in [0.1, 0.15) is 22.8 Å². The lowest BCUT2D eigenvalue weighted by Gasteiger charge is -2.12. The van der Waals surface area contributed by atoms with E-state index in [2.05, 4.69) is 21.3 Å². The van der Waals surface area contributed by atoms with Crippen molar-refractivity contribution in [2.45, 2.75) is 13.8 Å². The number of methoxy groups -OCH3 is 1. The van der Waals surface area contributed by atoms with Gasteiger partial charge in [0.25, 0.3) is 5.91 Å². The third kappa shape index (κ3) is 6.31. The number of rotatable bonds is 7. The zero-order valence-corrected chi connectivity index (χ0v) is 16.1. The first kappa shape index (κ1) is 20.8. The molecule has 28 heavy (non-hydrogen) atoms. The van der Waals surface area contributed by atoms with Gasteiger partial charge in [0, 0.05) is 37.0 Å². The molecule has 8 heteroatoms. The van der Waals surface area contributed by atoms with Crippen molar-refractivity contribution in [2.75, 3.05) is 30.8 Å². The predicted molar refractivity (Wildman–Crippen MR) is 108 cm³/mol. The molecule has 0 aliphatic rings. The molecule has 0 saturated carbocycles. The second-order valence-corrected chi connectivity index (χ2v) is 6.08. The SMILES string of the molecule is COc1ccc(C(=O)NCCNC(=O)Nc2cc(NC(C)=O)ccc2C)cc1. The molecule has 0 heterocycles. The van der Waals surface area contributed by atoms with Crippen molar-refractivity contribution < 1.29 is 19.1 Å². The van der Waals surface area contributed by atoms with Gasteiger partial charge >= 0.3 is 6.03 Å². The summed E-state index contributed by atoms with van der Waals surface area (Å²) in [7, 11) is 1.56. The molecule has 0 aliphatic heterocycles. The molecule has 0 saturated heterocycles. The largest absolute Gasteiger partial charge is 0.497 e. The minimum Gasteiger partial charge on any atom is -0.497 e. The summed E-state index contributed by atoms with van der Waals surface area (Å²) in [5.41, 5.74) is 2.55. The summed E-state index contributed by atoms with van der Waals surface area (Å²) in [6.45, 7) is 3.81.